The number of carbonyl (C=O) groups excluding carboxylic acids is 1. The molecule has 5 rings (SSSR count). The zero-order valence-electron chi connectivity index (χ0n) is 18.0. The van der Waals surface area contributed by atoms with Gasteiger partial charge in [0, 0.05) is 41.4 Å². The highest BCUT2D eigenvalue weighted by molar-refractivity contribution is 6.00. The van der Waals surface area contributed by atoms with Gasteiger partial charge in [-0.15, -0.1) is 0 Å². The summed E-state index contributed by atoms with van der Waals surface area (Å²) in [6, 6.07) is 12.0. The van der Waals surface area contributed by atoms with E-state index in [0.717, 1.165) is 65.8 Å². The van der Waals surface area contributed by atoms with E-state index in [1.54, 1.807) is 0 Å². The summed E-state index contributed by atoms with van der Waals surface area (Å²) in [5.41, 5.74) is 4.53. The number of ether oxygens (including phenoxy) is 1. The second kappa shape index (κ2) is 9.72. The summed E-state index contributed by atoms with van der Waals surface area (Å²) in [6.07, 6.45) is -2.05. The third-order valence-electron chi connectivity index (χ3n) is 5.61. The number of aromatic nitrogens is 2. The topological polar surface area (TPSA) is 116 Å². The number of carbonyl (C=O) groups is 2. The van der Waals surface area contributed by atoms with Crippen molar-refractivity contribution >= 4 is 22.8 Å². The van der Waals surface area contributed by atoms with Gasteiger partial charge in [0.15, 0.2) is 0 Å². The third kappa shape index (κ3) is 5.30. The van der Waals surface area contributed by atoms with Gasteiger partial charge in [-0.3, -0.25) is 4.79 Å². The van der Waals surface area contributed by atoms with Gasteiger partial charge >= 0.3 is 12.1 Å². The minimum atomic E-state index is -5.08. The summed E-state index contributed by atoms with van der Waals surface area (Å²) in [5, 5.41) is 14.4. The van der Waals surface area contributed by atoms with Crippen molar-refractivity contribution in [1.82, 2.24) is 20.6 Å². The van der Waals surface area contributed by atoms with Crippen molar-refractivity contribution in [2.24, 2.45) is 0 Å². The lowest BCUT2D eigenvalue weighted by atomic mass is 10.1. The van der Waals surface area contributed by atoms with Crippen LogP contribution in [0.2, 0.25) is 0 Å². The Bertz CT molecular complexity index is 1200. The number of carboxylic acids is 1. The van der Waals surface area contributed by atoms with Crippen LogP contribution >= 0.6 is 0 Å². The molecular formula is C23H23F3N4O4. The highest BCUT2D eigenvalue weighted by atomic mass is 19.4. The minimum Gasteiger partial charge on any atom is -0.475 e. The van der Waals surface area contributed by atoms with Crippen LogP contribution in [-0.2, 0) is 11.2 Å². The molecule has 3 aromatic rings. The molecule has 0 radical (unpaired) electrons. The van der Waals surface area contributed by atoms with E-state index in [-0.39, 0.29) is 12.0 Å². The van der Waals surface area contributed by atoms with Gasteiger partial charge in [-0.1, -0.05) is 18.2 Å². The predicted molar refractivity (Wildman–Crippen MR) is 118 cm³/mol. The third-order valence-corrected chi connectivity index (χ3v) is 5.61. The number of hydrogen-bond donors (Lipinski definition) is 4. The smallest absolute Gasteiger partial charge is 0.475 e. The molecule has 2 aliphatic heterocycles. The van der Waals surface area contributed by atoms with Crippen molar-refractivity contribution < 1.29 is 32.6 Å². The van der Waals surface area contributed by atoms with Gasteiger partial charge in [0.05, 0.1) is 11.1 Å². The van der Waals surface area contributed by atoms with E-state index < -0.39 is 12.1 Å². The average molecular weight is 476 g/mol. The molecule has 2 aromatic heterocycles. The summed E-state index contributed by atoms with van der Waals surface area (Å²) in [4.78, 5) is 29.2. The molecule has 0 aliphatic carbocycles. The molecule has 34 heavy (non-hydrogen) atoms. The fraction of sp³-hybridized carbons (Fsp3) is 0.348. The quantitative estimate of drug-likeness (QED) is 0.461. The first-order valence-corrected chi connectivity index (χ1v) is 10.8. The Morgan fingerprint density at radius 3 is 2.50 bits per heavy atom. The Morgan fingerprint density at radius 2 is 1.82 bits per heavy atom. The largest absolute Gasteiger partial charge is 0.490 e. The van der Waals surface area contributed by atoms with Gasteiger partial charge in [-0.2, -0.15) is 13.2 Å². The zero-order chi connectivity index (χ0) is 24.3. The van der Waals surface area contributed by atoms with E-state index in [0.29, 0.717) is 12.4 Å². The molecule has 1 saturated heterocycles. The lowest BCUT2D eigenvalue weighted by Crippen LogP contribution is -2.34. The summed E-state index contributed by atoms with van der Waals surface area (Å²) in [6.45, 7) is 2.65. The second-order valence-corrected chi connectivity index (χ2v) is 7.98. The number of piperidine rings is 1. The molecule has 1 fully saturated rings. The summed E-state index contributed by atoms with van der Waals surface area (Å²) < 4.78 is 37.9. The Balaban J connectivity index is 0.000000344. The van der Waals surface area contributed by atoms with Gasteiger partial charge in [0.25, 0.3) is 5.91 Å². The molecule has 0 bridgehead atoms. The number of pyridine rings is 1. The monoisotopic (exact) mass is 476 g/mol. The first-order chi connectivity index (χ1) is 16.2. The van der Waals surface area contributed by atoms with Crippen LogP contribution in [0.4, 0.5) is 13.2 Å². The number of nitrogens with zero attached hydrogens (tertiary/aromatic N) is 1. The molecular weight excluding hydrogens is 453 g/mol. The first kappa shape index (κ1) is 23.6. The number of H-pyrrole nitrogens is 1. The number of para-hydroxylation sites is 1. The SMILES string of the molecule is O=C(O)C(F)(F)F.O=C1NCCc2[nH]c(-c3cccc4ccc(OC5CCNCC5)nc34)cc21. The fourth-order valence-corrected chi connectivity index (χ4v) is 3.93. The number of alkyl halides is 3. The Kier molecular flexibility index (Phi) is 6.73. The first-order valence-electron chi connectivity index (χ1n) is 10.8. The number of halogens is 3. The van der Waals surface area contributed by atoms with E-state index in [4.69, 9.17) is 19.6 Å². The summed E-state index contributed by atoms with van der Waals surface area (Å²) >= 11 is 0. The normalized spacial score (nSPS) is 16.3. The van der Waals surface area contributed by atoms with E-state index in [9.17, 15) is 18.0 Å². The number of benzene rings is 1. The molecule has 8 nitrogen and oxygen atoms in total. The molecule has 0 unspecified atom stereocenters. The Labute approximate surface area is 192 Å². The highest BCUT2D eigenvalue weighted by Crippen LogP contribution is 2.31. The number of nitrogens with one attached hydrogen (secondary N) is 3. The molecule has 1 aromatic carbocycles. The molecule has 0 atom stereocenters. The average Bonchev–Trinajstić information content (AvgIpc) is 3.25. The van der Waals surface area contributed by atoms with E-state index in [2.05, 4.69) is 27.8 Å². The number of fused-ring (bicyclic) bond motifs is 2. The maximum Gasteiger partial charge on any atom is 0.490 e. The van der Waals surface area contributed by atoms with Crippen molar-refractivity contribution in [1.29, 1.82) is 0 Å². The molecule has 4 heterocycles. The lowest BCUT2D eigenvalue weighted by molar-refractivity contribution is -0.192. The number of aromatic amines is 1. The number of aliphatic carboxylic acids is 1. The van der Waals surface area contributed by atoms with Crippen LogP contribution in [0.3, 0.4) is 0 Å². The molecule has 0 spiro atoms. The summed E-state index contributed by atoms with van der Waals surface area (Å²) in [5.74, 6) is -2.11. The van der Waals surface area contributed by atoms with Crippen molar-refractivity contribution in [3.05, 3.63) is 47.7 Å². The van der Waals surface area contributed by atoms with Crippen molar-refractivity contribution in [2.45, 2.75) is 31.5 Å². The number of rotatable bonds is 3. The van der Waals surface area contributed by atoms with Crippen molar-refractivity contribution in [3.63, 3.8) is 0 Å². The molecule has 1 amide bonds. The maximum atomic E-state index is 12.1. The molecule has 11 heteroatoms. The number of amides is 1. The number of carboxylic acid groups (broad SMARTS) is 1. The van der Waals surface area contributed by atoms with E-state index in [1.165, 1.54) is 0 Å². The fourth-order valence-electron chi connectivity index (χ4n) is 3.93. The van der Waals surface area contributed by atoms with Crippen LogP contribution in [0.15, 0.2) is 36.4 Å². The van der Waals surface area contributed by atoms with Gasteiger partial charge in [0.2, 0.25) is 5.88 Å². The van der Waals surface area contributed by atoms with Crippen LogP contribution in [0, 0.1) is 0 Å². The Morgan fingerprint density at radius 1 is 1.09 bits per heavy atom. The van der Waals surface area contributed by atoms with Gasteiger partial charge < -0.3 is 25.5 Å². The minimum absolute atomic E-state index is 0.0122. The van der Waals surface area contributed by atoms with Gasteiger partial charge in [-0.25, -0.2) is 9.78 Å². The number of hydrogen-bond acceptors (Lipinski definition) is 5. The van der Waals surface area contributed by atoms with Crippen LogP contribution in [0.1, 0.15) is 28.9 Å². The molecule has 2 aliphatic rings. The highest BCUT2D eigenvalue weighted by Gasteiger charge is 2.38. The Hall–Kier alpha value is -3.60. The van der Waals surface area contributed by atoms with Crippen molar-refractivity contribution in [2.75, 3.05) is 19.6 Å². The molecule has 0 saturated carbocycles. The molecule has 180 valence electrons. The van der Waals surface area contributed by atoms with Crippen LogP contribution in [-0.4, -0.2) is 58.9 Å². The summed E-state index contributed by atoms with van der Waals surface area (Å²) in [7, 11) is 0. The van der Waals surface area contributed by atoms with E-state index >= 15 is 0 Å². The van der Waals surface area contributed by atoms with E-state index in [1.807, 2.05) is 24.3 Å². The van der Waals surface area contributed by atoms with Crippen molar-refractivity contribution in [3.8, 4) is 17.1 Å². The zero-order valence-corrected chi connectivity index (χ0v) is 18.0. The van der Waals surface area contributed by atoms with Crippen LogP contribution < -0.4 is 15.4 Å². The maximum absolute atomic E-state index is 12.1. The second-order valence-electron chi connectivity index (χ2n) is 7.98. The van der Waals surface area contributed by atoms with Crippen LogP contribution in [0.5, 0.6) is 5.88 Å². The standard InChI is InChI=1S/C21H22N4O2.C2HF3O2/c26-21-16-12-18(24-17(16)8-11-23-21)15-3-1-2-13-4-5-19(25-20(13)15)27-14-6-9-22-10-7-14;3-2(4,5)1(6)7/h1-5,12,14,22,24H,6-11H2,(H,23,26);(H,6,7). The van der Waals surface area contributed by atoms with Crippen LogP contribution in [0.25, 0.3) is 22.2 Å². The van der Waals surface area contributed by atoms with Gasteiger partial charge in [0.1, 0.15) is 6.10 Å². The molecule has 4 N–H and O–H groups in total. The lowest BCUT2D eigenvalue weighted by Gasteiger charge is -2.23. The van der Waals surface area contributed by atoms with Gasteiger partial charge in [-0.05, 0) is 38.1 Å². The predicted octanol–water partition coefficient (Wildman–Crippen LogP) is 3.28.